The zero-order valence-corrected chi connectivity index (χ0v) is 14.0. The maximum Gasteiger partial charge on any atom is 0.263 e. The quantitative estimate of drug-likeness (QED) is 0.749. The first-order chi connectivity index (χ1) is 11.7. The van der Waals surface area contributed by atoms with E-state index in [1.165, 1.54) is 11.3 Å². The van der Waals surface area contributed by atoms with Gasteiger partial charge in [-0.15, -0.1) is 11.3 Å². The number of benzene rings is 1. The highest BCUT2D eigenvalue weighted by molar-refractivity contribution is 7.17. The Morgan fingerprint density at radius 1 is 1.17 bits per heavy atom. The second-order valence-electron chi connectivity index (χ2n) is 5.26. The van der Waals surface area contributed by atoms with E-state index in [-0.39, 0.29) is 12.5 Å². The lowest BCUT2D eigenvalue weighted by atomic mass is 10.1. The van der Waals surface area contributed by atoms with E-state index in [1.54, 1.807) is 6.20 Å². The van der Waals surface area contributed by atoms with E-state index < -0.39 is 0 Å². The van der Waals surface area contributed by atoms with Crippen LogP contribution in [-0.2, 0) is 13.2 Å². The average molecular weight is 339 g/mol. The molecule has 0 aliphatic heterocycles. The molecule has 0 saturated carbocycles. The number of aryl methyl sites for hydroxylation is 1. The Hall–Kier alpha value is -2.57. The molecule has 0 fully saturated rings. The van der Waals surface area contributed by atoms with Crippen molar-refractivity contribution in [2.24, 2.45) is 0 Å². The number of amides is 1. The van der Waals surface area contributed by atoms with Crippen LogP contribution in [0, 0.1) is 6.92 Å². The third kappa shape index (κ3) is 3.50. The zero-order valence-electron chi connectivity index (χ0n) is 13.2. The molecule has 3 aromatic rings. The van der Waals surface area contributed by atoms with Gasteiger partial charge < -0.3 is 10.4 Å². The molecule has 6 heteroatoms. The van der Waals surface area contributed by atoms with Crippen LogP contribution < -0.4 is 5.32 Å². The number of thiazole rings is 1. The molecule has 5 nitrogen and oxygen atoms in total. The minimum absolute atomic E-state index is 0.0462. The van der Waals surface area contributed by atoms with Crippen LogP contribution in [0.15, 0.2) is 48.7 Å². The molecule has 0 saturated heterocycles. The predicted octanol–water partition coefficient (Wildman–Crippen LogP) is 2.94. The fraction of sp³-hybridized carbons (Fsp3) is 0.167. The Labute approximate surface area is 144 Å². The summed E-state index contributed by atoms with van der Waals surface area (Å²) in [6, 6.07) is 13.1. The molecule has 0 spiro atoms. The molecule has 1 aromatic carbocycles. The summed E-state index contributed by atoms with van der Waals surface area (Å²) in [5.74, 6) is -0.167. The summed E-state index contributed by atoms with van der Waals surface area (Å²) in [5.41, 5.74) is 3.16. The van der Waals surface area contributed by atoms with Gasteiger partial charge in [-0.1, -0.05) is 30.3 Å². The van der Waals surface area contributed by atoms with Crippen LogP contribution in [0.3, 0.4) is 0 Å². The van der Waals surface area contributed by atoms with Gasteiger partial charge in [-0.3, -0.25) is 9.78 Å². The van der Waals surface area contributed by atoms with Crippen molar-refractivity contribution in [3.63, 3.8) is 0 Å². The third-order valence-corrected chi connectivity index (χ3v) is 4.79. The minimum Gasteiger partial charge on any atom is -0.392 e. The van der Waals surface area contributed by atoms with Crippen LogP contribution in [0.1, 0.15) is 26.5 Å². The smallest absolute Gasteiger partial charge is 0.263 e. The fourth-order valence-electron chi connectivity index (χ4n) is 2.35. The highest BCUT2D eigenvalue weighted by Crippen LogP contribution is 2.26. The van der Waals surface area contributed by atoms with Gasteiger partial charge in [0.15, 0.2) is 0 Å². The number of nitrogens with one attached hydrogen (secondary N) is 1. The topological polar surface area (TPSA) is 75.1 Å². The Morgan fingerprint density at radius 2 is 1.92 bits per heavy atom. The molecule has 0 radical (unpaired) electrons. The summed E-state index contributed by atoms with van der Waals surface area (Å²) in [4.78, 5) is 21.8. The van der Waals surface area contributed by atoms with Crippen molar-refractivity contribution in [1.29, 1.82) is 0 Å². The highest BCUT2D eigenvalue weighted by atomic mass is 32.1. The maximum absolute atomic E-state index is 12.5. The van der Waals surface area contributed by atoms with Gasteiger partial charge in [0.2, 0.25) is 0 Å². The van der Waals surface area contributed by atoms with Crippen LogP contribution >= 0.6 is 11.3 Å². The number of hydrogen-bond donors (Lipinski definition) is 2. The predicted molar refractivity (Wildman–Crippen MR) is 93.6 cm³/mol. The molecule has 0 aliphatic carbocycles. The number of hydrogen-bond acceptors (Lipinski definition) is 5. The molecule has 0 bridgehead atoms. The van der Waals surface area contributed by atoms with Crippen LogP contribution in [0.25, 0.3) is 10.7 Å². The number of rotatable bonds is 5. The van der Waals surface area contributed by atoms with Crippen molar-refractivity contribution in [1.82, 2.24) is 15.3 Å². The first-order valence-corrected chi connectivity index (χ1v) is 8.35. The lowest BCUT2D eigenvalue weighted by molar-refractivity contribution is 0.0954. The van der Waals surface area contributed by atoms with Gasteiger partial charge >= 0.3 is 0 Å². The lowest BCUT2D eigenvalue weighted by Crippen LogP contribution is -2.23. The van der Waals surface area contributed by atoms with E-state index >= 15 is 0 Å². The normalized spacial score (nSPS) is 10.6. The van der Waals surface area contributed by atoms with Gasteiger partial charge in [0.05, 0.1) is 18.0 Å². The number of pyridine rings is 1. The molecule has 24 heavy (non-hydrogen) atoms. The van der Waals surface area contributed by atoms with Gasteiger partial charge in [-0.05, 0) is 30.2 Å². The molecular formula is C18H17N3O2S. The van der Waals surface area contributed by atoms with Crippen molar-refractivity contribution in [3.05, 3.63) is 70.4 Å². The number of nitrogens with zero attached hydrogens (tertiary/aromatic N) is 2. The molecule has 3 rings (SSSR count). The van der Waals surface area contributed by atoms with Gasteiger partial charge in [0.1, 0.15) is 9.88 Å². The molecule has 2 heterocycles. The summed E-state index contributed by atoms with van der Waals surface area (Å²) < 4.78 is 0. The SMILES string of the molecule is Cc1nc(-c2ccccn2)sc1C(=O)NCc1ccccc1CO. The van der Waals surface area contributed by atoms with Crippen molar-refractivity contribution in [2.75, 3.05) is 0 Å². The highest BCUT2D eigenvalue weighted by Gasteiger charge is 2.16. The van der Waals surface area contributed by atoms with Crippen LogP contribution in [0.2, 0.25) is 0 Å². The molecule has 0 unspecified atom stereocenters. The van der Waals surface area contributed by atoms with Crippen molar-refractivity contribution in [2.45, 2.75) is 20.1 Å². The molecule has 1 amide bonds. The summed E-state index contributed by atoms with van der Waals surface area (Å²) in [6.45, 7) is 2.14. The summed E-state index contributed by atoms with van der Waals surface area (Å²) in [7, 11) is 0. The lowest BCUT2D eigenvalue weighted by Gasteiger charge is -2.08. The van der Waals surface area contributed by atoms with E-state index in [0.717, 1.165) is 21.8 Å². The zero-order chi connectivity index (χ0) is 16.9. The van der Waals surface area contributed by atoms with Gasteiger partial charge in [-0.2, -0.15) is 0 Å². The van der Waals surface area contributed by atoms with Crippen LogP contribution in [0.4, 0.5) is 0 Å². The van der Waals surface area contributed by atoms with Gasteiger partial charge in [0, 0.05) is 12.7 Å². The largest absolute Gasteiger partial charge is 0.392 e. The van der Waals surface area contributed by atoms with Crippen molar-refractivity contribution < 1.29 is 9.90 Å². The summed E-state index contributed by atoms with van der Waals surface area (Å²) >= 11 is 1.33. The van der Waals surface area contributed by atoms with E-state index in [9.17, 15) is 9.90 Å². The van der Waals surface area contributed by atoms with Gasteiger partial charge in [0.25, 0.3) is 5.91 Å². The van der Waals surface area contributed by atoms with E-state index in [0.29, 0.717) is 17.1 Å². The van der Waals surface area contributed by atoms with Gasteiger partial charge in [-0.25, -0.2) is 4.98 Å². The second-order valence-corrected chi connectivity index (χ2v) is 6.26. The number of aliphatic hydroxyl groups is 1. The van der Waals surface area contributed by atoms with Crippen molar-refractivity contribution in [3.8, 4) is 10.7 Å². The Kier molecular flexibility index (Phi) is 4.98. The first-order valence-electron chi connectivity index (χ1n) is 7.53. The minimum atomic E-state index is -0.167. The van der Waals surface area contributed by atoms with Crippen LogP contribution in [-0.4, -0.2) is 21.0 Å². The van der Waals surface area contributed by atoms with E-state index in [1.807, 2.05) is 49.4 Å². The second kappa shape index (κ2) is 7.33. The third-order valence-electron chi connectivity index (χ3n) is 3.61. The Bertz CT molecular complexity index is 846. The van der Waals surface area contributed by atoms with Crippen LogP contribution in [0.5, 0.6) is 0 Å². The number of aliphatic hydroxyl groups excluding tert-OH is 1. The monoisotopic (exact) mass is 339 g/mol. The van der Waals surface area contributed by atoms with Crippen molar-refractivity contribution >= 4 is 17.2 Å². The summed E-state index contributed by atoms with van der Waals surface area (Å²) in [5, 5.41) is 13.0. The first kappa shape index (κ1) is 16.3. The Morgan fingerprint density at radius 3 is 2.62 bits per heavy atom. The standard InChI is InChI=1S/C18H17N3O2S/c1-12-16(24-18(21-12)15-8-4-5-9-19-15)17(23)20-10-13-6-2-3-7-14(13)11-22/h2-9,22H,10-11H2,1H3,(H,20,23). The molecule has 0 aliphatic rings. The number of carbonyl (C=O) groups is 1. The average Bonchev–Trinajstić information content (AvgIpc) is 3.02. The molecule has 2 aromatic heterocycles. The molecule has 2 N–H and O–H groups in total. The summed E-state index contributed by atoms with van der Waals surface area (Å²) in [6.07, 6.45) is 1.71. The molecule has 122 valence electrons. The van der Waals surface area contributed by atoms with E-state index in [2.05, 4.69) is 15.3 Å². The molecule has 0 atom stereocenters. The number of aromatic nitrogens is 2. The maximum atomic E-state index is 12.5. The number of carbonyl (C=O) groups excluding carboxylic acids is 1. The van der Waals surface area contributed by atoms with E-state index in [4.69, 9.17) is 0 Å². The Balaban J connectivity index is 1.75. The molecular weight excluding hydrogens is 322 g/mol. The fourth-order valence-corrected chi connectivity index (χ4v) is 3.31.